The molecule has 0 aromatic heterocycles. The molecule has 3 rings (SSSR count). The third kappa shape index (κ3) is 2.76. The van der Waals surface area contributed by atoms with Gasteiger partial charge in [0.25, 0.3) is 0 Å². The summed E-state index contributed by atoms with van der Waals surface area (Å²) in [7, 11) is 1.62. The van der Waals surface area contributed by atoms with E-state index in [1.165, 1.54) is 6.08 Å². The van der Waals surface area contributed by atoms with Crippen LogP contribution in [0.2, 0.25) is 5.02 Å². The molecular formula is C16H19ClFN3O3. The number of anilines is 1. The highest BCUT2D eigenvalue weighted by molar-refractivity contribution is 6.30. The first-order chi connectivity index (χ1) is 11.3. The fourth-order valence-electron chi connectivity index (χ4n) is 3.77. The molecule has 1 N–H and O–H groups in total. The molecule has 0 radical (unpaired) electrons. The van der Waals surface area contributed by atoms with E-state index < -0.39 is 16.5 Å². The van der Waals surface area contributed by atoms with E-state index in [2.05, 4.69) is 0 Å². The van der Waals surface area contributed by atoms with Crippen LogP contribution in [0.5, 0.6) is 0 Å². The first-order valence-electron chi connectivity index (χ1n) is 7.81. The lowest BCUT2D eigenvalue weighted by atomic mass is 9.82. The Labute approximate surface area is 144 Å². The zero-order valence-corrected chi connectivity index (χ0v) is 14.0. The molecule has 1 aliphatic heterocycles. The summed E-state index contributed by atoms with van der Waals surface area (Å²) in [4.78, 5) is 13.3. The van der Waals surface area contributed by atoms with E-state index in [9.17, 15) is 19.7 Å². The number of hydroxylamine groups is 2. The van der Waals surface area contributed by atoms with Crippen molar-refractivity contribution in [1.82, 2.24) is 5.06 Å². The number of hydrogen-bond donors (Lipinski definition) is 1. The zero-order chi connectivity index (χ0) is 17.5. The van der Waals surface area contributed by atoms with Gasteiger partial charge in [-0.2, -0.15) is 5.06 Å². The summed E-state index contributed by atoms with van der Waals surface area (Å²) in [5.41, 5.74) is -0.338. The van der Waals surface area contributed by atoms with Gasteiger partial charge in [0.2, 0.25) is 0 Å². The third-order valence-corrected chi connectivity index (χ3v) is 5.21. The zero-order valence-electron chi connectivity index (χ0n) is 13.3. The highest BCUT2D eigenvalue weighted by Gasteiger charge is 2.56. The lowest BCUT2D eigenvalue weighted by Gasteiger charge is -2.40. The lowest BCUT2D eigenvalue weighted by molar-refractivity contribution is -0.581. The summed E-state index contributed by atoms with van der Waals surface area (Å²) < 4.78 is 13.8. The number of allylic oxidation sites excluding steroid dienone is 1. The molecule has 6 nitrogen and oxygen atoms in total. The molecule has 0 unspecified atom stereocenters. The topological polar surface area (TPSA) is 69.8 Å². The quantitative estimate of drug-likeness (QED) is 0.648. The summed E-state index contributed by atoms with van der Waals surface area (Å²) in [6.45, 7) is -0.105. The molecular weight excluding hydrogens is 337 g/mol. The highest BCUT2D eigenvalue weighted by Crippen LogP contribution is 2.41. The van der Waals surface area contributed by atoms with Gasteiger partial charge in [-0.25, -0.2) is 4.39 Å². The van der Waals surface area contributed by atoms with Crippen molar-refractivity contribution in [2.45, 2.75) is 31.5 Å². The van der Waals surface area contributed by atoms with Crippen LogP contribution in [-0.2, 0) is 6.54 Å². The van der Waals surface area contributed by atoms with Gasteiger partial charge >= 0.3 is 5.66 Å². The van der Waals surface area contributed by atoms with E-state index in [-0.39, 0.29) is 18.9 Å². The molecule has 1 heterocycles. The van der Waals surface area contributed by atoms with Crippen LogP contribution >= 0.6 is 11.6 Å². The number of fused-ring (bicyclic) bond motifs is 1. The first kappa shape index (κ1) is 17.1. The van der Waals surface area contributed by atoms with Gasteiger partial charge in [0.15, 0.2) is 0 Å². The van der Waals surface area contributed by atoms with Crippen molar-refractivity contribution < 1.29 is 14.5 Å². The maximum absolute atomic E-state index is 13.8. The first-order valence-corrected chi connectivity index (χ1v) is 8.19. The van der Waals surface area contributed by atoms with Crippen LogP contribution in [0.15, 0.2) is 30.1 Å². The van der Waals surface area contributed by atoms with Gasteiger partial charge in [0, 0.05) is 17.8 Å². The van der Waals surface area contributed by atoms with Crippen LogP contribution in [0.1, 0.15) is 24.8 Å². The van der Waals surface area contributed by atoms with Gasteiger partial charge in [-0.1, -0.05) is 11.6 Å². The van der Waals surface area contributed by atoms with Crippen molar-refractivity contribution in [3.8, 4) is 0 Å². The summed E-state index contributed by atoms with van der Waals surface area (Å²) in [6, 6.07) is 5.05. The van der Waals surface area contributed by atoms with Crippen molar-refractivity contribution in [3.63, 3.8) is 0 Å². The molecule has 0 saturated carbocycles. The summed E-state index contributed by atoms with van der Waals surface area (Å²) in [6.07, 6.45) is 2.70. The summed E-state index contributed by atoms with van der Waals surface area (Å²) in [5, 5.41) is 23.8. The second-order valence-electron chi connectivity index (χ2n) is 6.40. The Bertz CT molecular complexity index is 699. The van der Waals surface area contributed by atoms with Gasteiger partial charge < -0.3 is 10.1 Å². The van der Waals surface area contributed by atoms with Crippen molar-refractivity contribution in [2.75, 3.05) is 18.5 Å². The molecule has 1 aliphatic carbocycles. The number of nitro groups is 1. The molecule has 1 aromatic rings. The molecule has 0 saturated heterocycles. The van der Waals surface area contributed by atoms with E-state index in [0.29, 0.717) is 35.5 Å². The molecule has 1 aromatic carbocycles. The fraction of sp³-hybridized carbons (Fsp3) is 0.500. The van der Waals surface area contributed by atoms with Crippen molar-refractivity contribution in [3.05, 3.63) is 50.8 Å². The predicted molar refractivity (Wildman–Crippen MR) is 88.3 cm³/mol. The van der Waals surface area contributed by atoms with Crippen LogP contribution in [0.4, 0.5) is 10.1 Å². The van der Waals surface area contributed by atoms with Crippen molar-refractivity contribution >= 4 is 17.3 Å². The third-order valence-electron chi connectivity index (χ3n) is 4.97. The maximum Gasteiger partial charge on any atom is 0.317 e. The minimum absolute atomic E-state index is 0.120. The second kappa shape index (κ2) is 6.31. The molecule has 0 spiro atoms. The Balaban J connectivity index is 2.16. The Kier molecular flexibility index (Phi) is 4.50. The lowest BCUT2D eigenvalue weighted by Crippen LogP contribution is -2.62. The van der Waals surface area contributed by atoms with Crippen LogP contribution in [0, 0.1) is 16.0 Å². The molecule has 8 heteroatoms. The normalized spacial score (nSPS) is 28.1. The number of benzene rings is 1. The van der Waals surface area contributed by atoms with Gasteiger partial charge in [-0.3, -0.25) is 10.1 Å². The van der Waals surface area contributed by atoms with Gasteiger partial charge in [-0.05, 0) is 49.1 Å². The van der Waals surface area contributed by atoms with E-state index >= 15 is 0 Å². The Morgan fingerprint density at radius 1 is 1.50 bits per heavy atom. The number of rotatable bonds is 2. The molecule has 2 atom stereocenters. The van der Waals surface area contributed by atoms with Crippen LogP contribution < -0.4 is 4.90 Å². The second-order valence-corrected chi connectivity index (χ2v) is 6.84. The van der Waals surface area contributed by atoms with E-state index in [4.69, 9.17) is 11.6 Å². The van der Waals surface area contributed by atoms with E-state index in [1.54, 1.807) is 30.1 Å². The Morgan fingerprint density at radius 2 is 2.25 bits per heavy atom. The monoisotopic (exact) mass is 355 g/mol. The summed E-state index contributed by atoms with van der Waals surface area (Å²) in [5.74, 6) is -0.964. The minimum Gasteiger partial charge on any atom is -0.313 e. The number of likely N-dealkylation sites (N-methyl/N-ethyl adjacent to an activating group) is 1. The van der Waals surface area contributed by atoms with Gasteiger partial charge in [0.05, 0.1) is 23.2 Å². The fourth-order valence-corrected chi connectivity index (χ4v) is 3.96. The number of hydrogen-bond acceptors (Lipinski definition) is 5. The van der Waals surface area contributed by atoms with Crippen LogP contribution in [0.3, 0.4) is 0 Å². The van der Waals surface area contributed by atoms with E-state index in [0.717, 1.165) is 5.06 Å². The van der Waals surface area contributed by atoms with Crippen molar-refractivity contribution in [1.29, 1.82) is 0 Å². The van der Waals surface area contributed by atoms with Crippen molar-refractivity contribution in [2.24, 2.45) is 5.92 Å². The molecule has 130 valence electrons. The number of halogens is 2. The SMILES string of the molecule is CN1c2ccc(Cl)cc2CN(O)C[C@@]1([C@H]1C=C(F)CCC1)[N+](=O)[O-]. The smallest absolute Gasteiger partial charge is 0.313 e. The average Bonchev–Trinajstić information content (AvgIpc) is 2.62. The largest absolute Gasteiger partial charge is 0.317 e. The van der Waals surface area contributed by atoms with Crippen LogP contribution in [0.25, 0.3) is 0 Å². The van der Waals surface area contributed by atoms with Gasteiger partial charge in [0.1, 0.15) is 6.54 Å². The van der Waals surface area contributed by atoms with Gasteiger partial charge in [-0.15, -0.1) is 0 Å². The number of nitrogens with zero attached hydrogens (tertiary/aromatic N) is 3. The Hall–Kier alpha value is -1.70. The minimum atomic E-state index is -1.65. The predicted octanol–water partition coefficient (Wildman–Crippen LogP) is 3.61. The Morgan fingerprint density at radius 3 is 2.92 bits per heavy atom. The average molecular weight is 356 g/mol. The standard InChI is InChI=1S/C16H19ClFN3O3/c1-19-15-6-5-13(17)7-11(15)9-20(22)10-16(19,21(23)24)12-3-2-4-14(18)8-12/h5-8,12,22H,2-4,9-10H2,1H3/t12-,16+/m1/s1. The van der Waals surface area contributed by atoms with E-state index in [1.807, 2.05) is 0 Å². The molecule has 0 bridgehead atoms. The summed E-state index contributed by atoms with van der Waals surface area (Å²) >= 11 is 6.02. The van der Waals surface area contributed by atoms with Crippen LogP contribution in [-0.4, -0.2) is 34.4 Å². The molecule has 2 aliphatic rings. The maximum atomic E-state index is 13.8. The molecule has 24 heavy (non-hydrogen) atoms. The molecule has 0 amide bonds. The highest BCUT2D eigenvalue weighted by atomic mass is 35.5. The molecule has 0 fully saturated rings.